The van der Waals surface area contributed by atoms with Gasteiger partial charge in [-0.25, -0.2) is 17.9 Å². The molecule has 0 bridgehead atoms. The van der Waals surface area contributed by atoms with Crippen molar-refractivity contribution in [3.8, 4) is 5.75 Å². The van der Waals surface area contributed by atoms with Crippen LogP contribution in [0.5, 0.6) is 5.75 Å². The Morgan fingerprint density at radius 3 is 2.76 bits per heavy atom. The normalized spacial score (nSPS) is 20.2. The van der Waals surface area contributed by atoms with E-state index in [4.69, 9.17) is 15.2 Å². The van der Waals surface area contributed by atoms with Gasteiger partial charge >= 0.3 is 5.97 Å². The van der Waals surface area contributed by atoms with Gasteiger partial charge in [-0.1, -0.05) is 0 Å². The second-order valence-corrected chi connectivity index (χ2v) is 7.85. The first-order valence-corrected chi connectivity index (χ1v) is 9.61. The smallest absolute Gasteiger partial charge is 0.347 e. The molecule has 25 heavy (non-hydrogen) atoms. The lowest BCUT2D eigenvalue weighted by molar-refractivity contribution is -0.150. The van der Waals surface area contributed by atoms with Crippen molar-refractivity contribution in [2.45, 2.75) is 43.2 Å². The number of nitrogens with two attached hydrogens (primary N) is 1. The topological polar surface area (TPSA) is 108 Å². The van der Waals surface area contributed by atoms with Crippen LogP contribution < -0.4 is 15.2 Å². The summed E-state index contributed by atoms with van der Waals surface area (Å²) in [6.07, 6.45) is 1.60. The maximum atomic E-state index is 12.6. The summed E-state index contributed by atoms with van der Waals surface area (Å²) in [4.78, 5) is 11.9. The second kappa shape index (κ2) is 7.90. The second-order valence-electron chi connectivity index (χ2n) is 6.13. The van der Waals surface area contributed by atoms with Gasteiger partial charge in [-0.2, -0.15) is 0 Å². The van der Waals surface area contributed by atoms with Gasteiger partial charge in [0.05, 0.1) is 11.5 Å². The van der Waals surface area contributed by atoms with Crippen molar-refractivity contribution in [2.24, 2.45) is 11.7 Å². The van der Waals surface area contributed by atoms with Crippen LogP contribution in [0, 0.1) is 5.92 Å². The van der Waals surface area contributed by atoms with Crippen molar-refractivity contribution < 1.29 is 22.7 Å². The first-order chi connectivity index (χ1) is 11.4. The minimum absolute atomic E-state index is 0. The van der Waals surface area contributed by atoms with Crippen LogP contribution in [0.25, 0.3) is 0 Å². The van der Waals surface area contributed by atoms with Gasteiger partial charge in [0.2, 0.25) is 10.0 Å². The van der Waals surface area contributed by atoms with Crippen molar-refractivity contribution in [3.63, 3.8) is 0 Å². The molecular weight excluding hydrogens is 368 g/mol. The minimum Gasteiger partial charge on any atom is -0.478 e. The zero-order valence-electron chi connectivity index (χ0n) is 13.9. The third-order valence-electron chi connectivity index (χ3n) is 4.32. The molecule has 1 aromatic rings. The van der Waals surface area contributed by atoms with Crippen LogP contribution >= 0.6 is 12.4 Å². The van der Waals surface area contributed by atoms with Crippen LogP contribution in [0.4, 0.5) is 0 Å². The standard InChI is InChI=1S/C16H22N2O5S.ClH/c1-2-22-16(19)15-8-11-7-12(5-6-14(11)23-15)24(20,21)18-13(9-17)10-3-4-10;/h5-7,10,13,15,18H,2-4,8-9,17H2,1H3;1H. The Morgan fingerprint density at radius 1 is 1.44 bits per heavy atom. The fourth-order valence-corrected chi connectivity index (χ4v) is 4.23. The van der Waals surface area contributed by atoms with Crippen LogP contribution in [-0.2, 0) is 26.0 Å². The monoisotopic (exact) mass is 390 g/mol. The van der Waals surface area contributed by atoms with E-state index in [0.29, 0.717) is 23.7 Å². The highest BCUT2D eigenvalue weighted by atomic mass is 35.5. The maximum Gasteiger partial charge on any atom is 0.347 e. The fourth-order valence-electron chi connectivity index (χ4n) is 2.86. The van der Waals surface area contributed by atoms with E-state index >= 15 is 0 Å². The van der Waals surface area contributed by atoms with Crippen LogP contribution in [0.1, 0.15) is 25.3 Å². The number of hydrogen-bond donors (Lipinski definition) is 2. The molecule has 3 N–H and O–H groups in total. The fraction of sp³-hybridized carbons (Fsp3) is 0.562. The van der Waals surface area contributed by atoms with E-state index in [9.17, 15) is 13.2 Å². The van der Waals surface area contributed by atoms with Gasteiger partial charge in [0, 0.05) is 19.0 Å². The quantitative estimate of drug-likeness (QED) is 0.672. The van der Waals surface area contributed by atoms with Gasteiger partial charge in [0.15, 0.2) is 6.10 Å². The summed E-state index contributed by atoms with van der Waals surface area (Å²) >= 11 is 0. The molecule has 1 heterocycles. The molecular formula is C16H23ClN2O5S. The maximum absolute atomic E-state index is 12.6. The first kappa shape index (κ1) is 20.0. The number of sulfonamides is 1. The van der Waals surface area contributed by atoms with Crippen LogP contribution in [0.15, 0.2) is 23.1 Å². The molecule has 2 aliphatic rings. The molecule has 7 nitrogen and oxygen atoms in total. The Hall–Kier alpha value is -1.35. The molecule has 2 unspecified atom stereocenters. The summed E-state index contributed by atoms with van der Waals surface area (Å²) in [6.45, 7) is 2.28. The zero-order valence-corrected chi connectivity index (χ0v) is 15.6. The third-order valence-corrected chi connectivity index (χ3v) is 5.81. The number of carbonyl (C=O) groups excluding carboxylic acids is 1. The van der Waals surface area contributed by atoms with E-state index < -0.39 is 22.1 Å². The Labute approximate surface area is 153 Å². The zero-order chi connectivity index (χ0) is 17.3. The van der Waals surface area contributed by atoms with Crippen molar-refractivity contribution >= 4 is 28.4 Å². The summed E-state index contributed by atoms with van der Waals surface area (Å²) in [5.74, 6) is 0.411. The van der Waals surface area contributed by atoms with Crippen molar-refractivity contribution in [1.29, 1.82) is 0 Å². The van der Waals surface area contributed by atoms with E-state index in [0.717, 1.165) is 12.8 Å². The molecule has 1 aliphatic carbocycles. The van der Waals surface area contributed by atoms with E-state index in [1.807, 2.05) is 0 Å². The lowest BCUT2D eigenvalue weighted by atomic mass is 10.1. The van der Waals surface area contributed by atoms with Crippen LogP contribution in [-0.4, -0.2) is 39.7 Å². The summed E-state index contributed by atoms with van der Waals surface area (Å²) in [7, 11) is -3.65. The van der Waals surface area contributed by atoms with Gasteiger partial charge in [0.25, 0.3) is 0 Å². The van der Waals surface area contributed by atoms with Crippen molar-refractivity contribution in [1.82, 2.24) is 4.72 Å². The van der Waals surface area contributed by atoms with Crippen molar-refractivity contribution in [3.05, 3.63) is 23.8 Å². The molecule has 0 saturated heterocycles. The van der Waals surface area contributed by atoms with E-state index in [2.05, 4.69) is 4.72 Å². The Bertz CT molecular complexity index is 736. The Morgan fingerprint density at radius 2 is 2.16 bits per heavy atom. The third kappa shape index (κ3) is 4.44. The lowest BCUT2D eigenvalue weighted by Crippen LogP contribution is -2.41. The van der Waals surface area contributed by atoms with Gasteiger partial charge in [0.1, 0.15) is 5.75 Å². The molecule has 0 aromatic heterocycles. The highest BCUT2D eigenvalue weighted by Gasteiger charge is 2.35. The average molecular weight is 391 g/mol. The Balaban J connectivity index is 0.00000225. The Kier molecular flexibility index (Phi) is 6.31. The molecule has 2 atom stereocenters. The SMILES string of the molecule is CCOC(=O)C1Cc2cc(S(=O)(=O)NC(CN)C3CC3)ccc2O1.Cl. The number of hydrogen-bond acceptors (Lipinski definition) is 6. The molecule has 1 aliphatic heterocycles. The first-order valence-electron chi connectivity index (χ1n) is 8.13. The molecule has 9 heteroatoms. The molecule has 1 aromatic carbocycles. The highest BCUT2D eigenvalue weighted by Crippen LogP contribution is 2.34. The van der Waals surface area contributed by atoms with Gasteiger partial charge in [-0.3, -0.25) is 0 Å². The molecule has 1 fully saturated rings. The summed E-state index contributed by atoms with van der Waals surface area (Å²) in [5, 5.41) is 0. The average Bonchev–Trinajstić information content (AvgIpc) is 3.30. The van der Waals surface area contributed by atoms with Gasteiger partial charge in [-0.05, 0) is 49.4 Å². The van der Waals surface area contributed by atoms with E-state index in [1.54, 1.807) is 19.1 Å². The largest absolute Gasteiger partial charge is 0.478 e. The van der Waals surface area contributed by atoms with E-state index in [-0.39, 0.29) is 36.5 Å². The minimum atomic E-state index is -3.65. The summed E-state index contributed by atoms with van der Waals surface area (Å²) < 4.78 is 38.3. The number of esters is 1. The number of ether oxygens (including phenoxy) is 2. The number of benzene rings is 1. The molecule has 0 amide bonds. The summed E-state index contributed by atoms with van der Waals surface area (Å²) in [5.41, 5.74) is 6.36. The number of carbonyl (C=O) groups is 1. The molecule has 3 rings (SSSR count). The molecule has 0 radical (unpaired) electrons. The summed E-state index contributed by atoms with van der Waals surface area (Å²) in [6, 6.07) is 4.39. The van der Waals surface area contributed by atoms with Crippen molar-refractivity contribution in [2.75, 3.05) is 13.2 Å². The molecule has 1 saturated carbocycles. The molecule has 0 spiro atoms. The van der Waals surface area contributed by atoms with Gasteiger partial charge < -0.3 is 15.2 Å². The number of fused-ring (bicyclic) bond motifs is 1. The lowest BCUT2D eigenvalue weighted by Gasteiger charge is -2.16. The predicted molar refractivity (Wildman–Crippen MR) is 94.3 cm³/mol. The van der Waals surface area contributed by atoms with Gasteiger partial charge in [-0.15, -0.1) is 12.4 Å². The van der Waals surface area contributed by atoms with E-state index in [1.165, 1.54) is 6.07 Å². The van der Waals surface area contributed by atoms with Crippen LogP contribution in [0.2, 0.25) is 0 Å². The number of nitrogens with one attached hydrogen (secondary N) is 1. The number of rotatable bonds is 7. The molecule has 140 valence electrons. The highest BCUT2D eigenvalue weighted by molar-refractivity contribution is 7.89. The number of halogens is 1. The predicted octanol–water partition coefficient (Wildman–Crippen LogP) is 0.991. The van der Waals surface area contributed by atoms with Crippen LogP contribution in [0.3, 0.4) is 0 Å².